The molecule has 2 aromatic rings. The summed E-state index contributed by atoms with van der Waals surface area (Å²) in [5.74, 6) is -0.331. The van der Waals surface area contributed by atoms with Gasteiger partial charge >= 0.3 is 6.18 Å². The molecule has 2 aromatic carbocycles. The largest absolute Gasteiger partial charge is 0.497 e. The van der Waals surface area contributed by atoms with Gasteiger partial charge in [0.15, 0.2) is 0 Å². The van der Waals surface area contributed by atoms with Gasteiger partial charge in [0.25, 0.3) is 0 Å². The number of carbonyl (C=O) groups is 1. The average molecular weight is 476 g/mol. The summed E-state index contributed by atoms with van der Waals surface area (Å²) in [5, 5.41) is 12.3. The van der Waals surface area contributed by atoms with E-state index >= 15 is 0 Å². The van der Waals surface area contributed by atoms with E-state index in [2.05, 4.69) is 10.0 Å². The highest BCUT2D eigenvalue weighted by atomic mass is 32.2. The van der Waals surface area contributed by atoms with Crippen LogP contribution in [0.15, 0.2) is 53.4 Å². The molecule has 12 heteroatoms. The number of methoxy groups -OCH3 is 1. The summed E-state index contributed by atoms with van der Waals surface area (Å²) in [7, 11) is -2.54. The molecule has 0 aliphatic carbocycles. The van der Waals surface area contributed by atoms with Crippen molar-refractivity contribution >= 4 is 15.9 Å². The predicted octanol–water partition coefficient (Wildman–Crippen LogP) is 1.94. The Morgan fingerprint density at radius 3 is 2.38 bits per heavy atom. The Bertz CT molecular complexity index is 1010. The van der Waals surface area contributed by atoms with Crippen LogP contribution in [0.5, 0.6) is 11.5 Å². The molecule has 0 fully saturated rings. The zero-order valence-electron chi connectivity index (χ0n) is 17.2. The average Bonchev–Trinajstić information content (AvgIpc) is 2.75. The molecule has 0 spiro atoms. The highest BCUT2D eigenvalue weighted by Crippen LogP contribution is 2.31. The first-order chi connectivity index (χ1) is 14.9. The minimum absolute atomic E-state index is 0.0625. The number of hydrogen-bond donors (Lipinski definition) is 3. The molecule has 8 nitrogen and oxygen atoms in total. The quantitative estimate of drug-likeness (QED) is 0.483. The molecular weight excluding hydrogens is 453 g/mol. The molecule has 2 atom stereocenters. The van der Waals surface area contributed by atoms with E-state index < -0.39 is 39.8 Å². The molecule has 1 amide bonds. The second-order valence-electron chi connectivity index (χ2n) is 6.75. The van der Waals surface area contributed by atoms with Crippen molar-refractivity contribution in [3.05, 3.63) is 54.1 Å². The van der Waals surface area contributed by atoms with Gasteiger partial charge in [-0.2, -0.15) is 17.9 Å². The normalized spacial score (nSPS) is 13.8. The summed E-state index contributed by atoms with van der Waals surface area (Å²) in [6.07, 6.45) is -5.76. The summed E-state index contributed by atoms with van der Waals surface area (Å²) in [4.78, 5) is 12.1. The molecule has 0 radical (unpaired) electrons. The van der Waals surface area contributed by atoms with Crippen molar-refractivity contribution in [2.75, 3.05) is 20.3 Å². The molecule has 0 saturated heterocycles. The zero-order chi connectivity index (χ0) is 23.9. The fourth-order valence-electron chi connectivity index (χ4n) is 2.49. The van der Waals surface area contributed by atoms with Crippen LogP contribution in [0.1, 0.15) is 12.5 Å². The first-order valence-corrected chi connectivity index (χ1v) is 10.8. The Morgan fingerprint density at radius 2 is 1.78 bits per heavy atom. The molecule has 2 rings (SSSR count). The van der Waals surface area contributed by atoms with E-state index in [1.165, 1.54) is 50.4 Å². The van der Waals surface area contributed by atoms with Gasteiger partial charge in [-0.15, -0.1) is 0 Å². The van der Waals surface area contributed by atoms with E-state index in [9.17, 15) is 31.5 Å². The number of amides is 1. The lowest BCUT2D eigenvalue weighted by atomic mass is 10.2. The third-order valence-electron chi connectivity index (χ3n) is 4.21. The van der Waals surface area contributed by atoms with Crippen LogP contribution in [0.3, 0.4) is 0 Å². The van der Waals surface area contributed by atoms with E-state index in [1.54, 1.807) is 0 Å². The monoisotopic (exact) mass is 476 g/mol. The van der Waals surface area contributed by atoms with Crippen LogP contribution in [0.2, 0.25) is 0 Å². The van der Waals surface area contributed by atoms with Crippen LogP contribution in [0.4, 0.5) is 13.2 Å². The Balaban J connectivity index is 1.83. The molecule has 32 heavy (non-hydrogen) atoms. The van der Waals surface area contributed by atoms with Crippen LogP contribution in [0.25, 0.3) is 0 Å². The van der Waals surface area contributed by atoms with Crippen molar-refractivity contribution in [1.29, 1.82) is 0 Å². The Kier molecular flexibility index (Phi) is 8.47. The van der Waals surface area contributed by atoms with Gasteiger partial charge in [0, 0.05) is 6.54 Å². The minimum Gasteiger partial charge on any atom is -0.497 e. The number of halogens is 3. The Hall–Kier alpha value is -2.83. The number of aliphatic hydroxyl groups is 1. The second-order valence-corrected chi connectivity index (χ2v) is 8.47. The van der Waals surface area contributed by atoms with Crippen LogP contribution >= 0.6 is 0 Å². The molecule has 1 unspecified atom stereocenters. The van der Waals surface area contributed by atoms with Crippen molar-refractivity contribution < 1.29 is 41.0 Å². The third kappa shape index (κ3) is 7.39. The van der Waals surface area contributed by atoms with E-state index in [1.807, 2.05) is 0 Å². The summed E-state index contributed by atoms with van der Waals surface area (Å²) in [6.45, 7) is 0.641. The summed E-state index contributed by atoms with van der Waals surface area (Å²) in [6, 6.07) is 8.55. The molecule has 0 aromatic heterocycles. The van der Waals surface area contributed by atoms with Gasteiger partial charge in [-0.05, 0) is 49.4 Å². The molecule has 3 N–H and O–H groups in total. The fourth-order valence-corrected chi connectivity index (χ4v) is 3.70. The molecule has 0 saturated carbocycles. The maximum absolute atomic E-state index is 12.7. The van der Waals surface area contributed by atoms with Gasteiger partial charge in [0.1, 0.15) is 24.2 Å². The van der Waals surface area contributed by atoms with Gasteiger partial charge in [0.05, 0.1) is 23.6 Å². The number of alkyl halides is 3. The molecular formula is C20H23F3N2O6S. The minimum atomic E-state index is -4.53. The number of aliphatic hydroxyl groups excluding tert-OH is 1. The lowest BCUT2D eigenvalue weighted by Gasteiger charge is -2.17. The smallest absolute Gasteiger partial charge is 0.416 e. The highest BCUT2D eigenvalue weighted by Gasteiger charge is 2.30. The van der Waals surface area contributed by atoms with E-state index in [0.29, 0.717) is 5.75 Å². The second kappa shape index (κ2) is 10.7. The maximum Gasteiger partial charge on any atom is 0.416 e. The highest BCUT2D eigenvalue weighted by molar-refractivity contribution is 7.89. The fraction of sp³-hybridized carbons (Fsp3) is 0.350. The molecule has 0 aliphatic rings. The van der Waals surface area contributed by atoms with Gasteiger partial charge in [-0.1, -0.05) is 6.07 Å². The van der Waals surface area contributed by atoms with Crippen LogP contribution in [0, 0.1) is 0 Å². The maximum atomic E-state index is 12.7. The van der Waals surface area contributed by atoms with E-state index in [0.717, 1.165) is 12.1 Å². The first kappa shape index (κ1) is 25.4. The molecule has 0 bridgehead atoms. The van der Waals surface area contributed by atoms with Crippen molar-refractivity contribution in [3.8, 4) is 11.5 Å². The number of ether oxygens (including phenoxy) is 2. The van der Waals surface area contributed by atoms with Crippen molar-refractivity contribution in [1.82, 2.24) is 10.0 Å². The van der Waals surface area contributed by atoms with E-state index in [-0.39, 0.29) is 23.8 Å². The number of hydrogen-bond acceptors (Lipinski definition) is 6. The van der Waals surface area contributed by atoms with Gasteiger partial charge in [-0.3, -0.25) is 4.79 Å². The van der Waals surface area contributed by atoms with Crippen molar-refractivity contribution in [2.24, 2.45) is 0 Å². The lowest BCUT2D eigenvalue weighted by molar-refractivity contribution is -0.137. The number of rotatable bonds is 10. The summed E-state index contributed by atoms with van der Waals surface area (Å²) >= 11 is 0. The molecule has 0 aliphatic heterocycles. The van der Waals surface area contributed by atoms with Crippen LogP contribution in [-0.2, 0) is 21.0 Å². The van der Waals surface area contributed by atoms with Crippen molar-refractivity contribution in [3.63, 3.8) is 0 Å². The van der Waals surface area contributed by atoms with Gasteiger partial charge < -0.3 is 19.9 Å². The van der Waals surface area contributed by atoms with E-state index in [4.69, 9.17) is 9.47 Å². The first-order valence-electron chi connectivity index (χ1n) is 9.34. The number of carbonyl (C=O) groups excluding carboxylic acids is 1. The third-order valence-corrected chi connectivity index (χ3v) is 5.77. The lowest BCUT2D eigenvalue weighted by Crippen LogP contribution is -2.47. The number of nitrogens with one attached hydrogen (secondary N) is 2. The molecule has 0 heterocycles. The topological polar surface area (TPSA) is 114 Å². The summed E-state index contributed by atoms with van der Waals surface area (Å²) < 4.78 is 75.1. The Labute approximate surface area is 183 Å². The number of sulfonamides is 1. The van der Waals surface area contributed by atoms with Crippen LogP contribution in [-0.4, -0.2) is 51.8 Å². The van der Waals surface area contributed by atoms with Crippen LogP contribution < -0.4 is 19.5 Å². The summed E-state index contributed by atoms with van der Waals surface area (Å²) in [5.41, 5.74) is -0.893. The standard InChI is InChI=1S/C20H23F3N2O6S/c1-13(25-32(28,29)18-8-6-16(30-2)7-9-18)19(27)24-11-15(26)12-31-17-5-3-4-14(10-17)20(21,22)23/h3-10,13,15,25-26H,11-12H2,1-2H3,(H,24,27)/t13-,15?/m0/s1. The predicted molar refractivity (Wildman–Crippen MR) is 109 cm³/mol. The molecule has 176 valence electrons. The Morgan fingerprint density at radius 1 is 1.12 bits per heavy atom. The SMILES string of the molecule is COc1ccc(S(=O)(=O)N[C@@H](C)C(=O)NCC(O)COc2cccc(C(F)(F)F)c2)cc1. The van der Waals surface area contributed by atoms with Gasteiger partial charge in [-0.25, -0.2) is 8.42 Å². The van der Waals surface area contributed by atoms with Gasteiger partial charge in [0.2, 0.25) is 15.9 Å². The number of benzene rings is 2. The zero-order valence-corrected chi connectivity index (χ0v) is 18.0. The van der Waals surface area contributed by atoms with Crippen molar-refractivity contribution in [2.45, 2.75) is 30.1 Å².